The minimum atomic E-state index is -0.985. The fraction of sp³-hybridized carbons (Fsp3) is 0.625. The molecule has 0 unspecified atom stereocenters. The van der Waals surface area contributed by atoms with Crippen molar-refractivity contribution in [1.29, 1.82) is 0 Å². The molecule has 0 aromatic carbocycles. The van der Waals surface area contributed by atoms with E-state index in [2.05, 4.69) is 0 Å². The number of aliphatic carboxylic acids is 1. The zero-order chi connectivity index (χ0) is 8.69. The Morgan fingerprint density at radius 3 is 2.33 bits per heavy atom. The second-order valence-corrected chi connectivity index (χ2v) is 2.80. The van der Waals surface area contributed by atoms with Crippen molar-refractivity contribution in [3.05, 3.63) is 11.1 Å². The maximum absolute atomic E-state index is 9.95. The normalized spacial score (nSPS) is 10.7. The van der Waals surface area contributed by atoms with E-state index < -0.39 is 5.97 Å². The van der Waals surface area contributed by atoms with Gasteiger partial charge in [0.05, 0.1) is 0 Å². The SMILES string of the molecule is C/C=C(\Cl)CCCCC(=O)[O-].[Na+]. The first-order valence-corrected chi connectivity index (χ1v) is 4.05. The van der Waals surface area contributed by atoms with Gasteiger partial charge in [0, 0.05) is 11.0 Å². The Bertz CT molecular complexity index is 157. The summed E-state index contributed by atoms with van der Waals surface area (Å²) >= 11 is 5.68. The monoisotopic (exact) mass is 198 g/mol. The third-order valence-electron chi connectivity index (χ3n) is 1.36. The van der Waals surface area contributed by atoms with Gasteiger partial charge < -0.3 is 9.90 Å². The molecule has 0 atom stereocenters. The molecule has 0 aromatic heterocycles. The van der Waals surface area contributed by atoms with Crippen LogP contribution in [0.3, 0.4) is 0 Å². The van der Waals surface area contributed by atoms with E-state index in [1.807, 2.05) is 13.0 Å². The maximum Gasteiger partial charge on any atom is 1.00 e. The Kier molecular flexibility index (Phi) is 12.0. The molecule has 0 saturated carbocycles. The van der Waals surface area contributed by atoms with Crippen molar-refractivity contribution in [3.63, 3.8) is 0 Å². The number of hydrogen-bond acceptors (Lipinski definition) is 2. The number of allylic oxidation sites excluding steroid dienone is 2. The molecular formula is C8H12ClNaO2. The van der Waals surface area contributed by atoms with Crippen molar-refractivity contribution < 1.29 is 39.5 Å². The van der Waals surface area contributed by atoms with E-state index in [9.17, 15) is 9.90 Å². The zero-order valence-corrected chi connectivity index (χ0v) is 10.4. The molecule has 64 valence electrons. The van der Waals surface area contributed by atoms with Crippen LogP contribution in [0.2, 0.25) is 0 Å². The second kappa shape index (κ2) is 9.59. The van der Waals surface area contributed by atoms with Crippen molar-refractivity contribution in [2.75, 3.05) is 0 Å². The molecule has 0 aliphatic carbocycles. The third-order valence-corrected chi connectivity index (χ3v) is 1.77. The van der Waals surface area contributed by atoms with E-state index in [-0.39, 0.29) is 36.0 Å². The number of carbonyl (C=O) groups excluding carboxylic acids is 1. The minimum Gasteiger partial charge on any atom is -0.550 e. The first-order valence-electron chi connectivity index (χ1n) is 3.67. The van der Waals surface area contributed by atoms with E-state index in [1.165, 1.54) is 0 Å². The average Bonchev–Trinajstić information content (AvgIpc) is 1.97. The molecule has 0 rings (SSSR count). The Hall–Kier alpha value is 0.500. The van der Waals surface area contributed by atoms with Crippen molar-refractivity contribution in [1.82, 2.24) is 0 Å². The predicted molar refractivity (Wildman–Crippen MR) is 43.1 cm³/mol. The number of rotatable bonds is 5. The van der Waals surface area contributed by atoms with Crippen LogP contribution < -0.4 is 34.7 Å². The summed E-state index contributed by atoms with van der Waals surface area (Å²) in [5.74, 6) is -0.985. The molecule has 0 N–H and O–H groups in total. The maximum atomic E-state index is 9.95. The van der Waals surface area contributed by atoms with E-state index in [0.29, 0.717) is 6.42 Å². The number of halogens is 1. The van der Waals surface area contributed by atoms with E-state index in [4.69, 9.17) is 11.6 Å². The van der Waals surface area contributed by atoms with Crippen molar-refractivity contribution in [3.8, 4) is 0 Å². The van der Waals surface area contributed by atoms with Gasteiger partial charge in [-0.2, -0.15) is 0 Å². The Morgan fingerprint density at radius 2 is 1.92 bits per heavy atom. The van der Waals surface area contributed by atoms with Gasteiger partial charge in [-0.25, -0.2) is 0 Å². The van der Waals surface area contributed by atoms with Crippen LogP contribution in [-0.4, -0.2) is 5.97 Å². The molecule has 0 radical (unpaired) electrons. The molecule has 4 heteroatoms. The topological polar surface area (TPSA) is 40.1 Å². The summed E-state index contributed by atoms with van der Waals surface area (Å²) in [6.07, 6.45) is 4.18. The summed E-state index contributed by atoms with van der Waals surface area (Å²) in [5.41, 5.74) is 0. The minimum absolute atomic E-state index is 0. The van der Waals surface area contributed by atoms with Crippen LogP contribution in [0.4, 0.5) is 0 Å². The summed E-state index contributed by atoms with van der Waals surface area (Å²) < 4.78 is 0. The van der Waals surface area contributed by atoms with Gasteiger partial charge >= 0.3 is 29.6 Å². The molecular weight excluding hydrogens is 187 g/mol. The molecule has 12 heavy (non-hydrogen) atoms. The fourth-order valence-corrected chi connectivity index (χ4v) is 0.841. The number of unbranched alkanes of at least 4 members (excludes halogenated alkanes) is 1. The first-order chi connectivity index (χ1) is 5.16. The summed E-state index contributed by atoms with van der Waals surface area (Å²) in [6, 6.07) is 0. The van der Waals surface area contributed by atoms with Gasteiger partial charge in [0.15, 0.2) is 0 Å². The van der Waals surface area contributed by atoms with Gasteiger partial charge in [0.25, 0.3) is 0 Å². The second-order valence-electron chi connectivity index (χ2n) is 2.31. The molecule has 0 spiro atoms. The fourth-order valence-electron chi connectivity index (χ4n) is 0.708. The first kappa shape index (κ1) is 15.0. The summed E-state index contributed by atoms with van der Waals surface area (Å²) in [6.45, 7) is 1.86. The summed E-state index contributed by atoms with van der Waals surface area (Å²) in [4.78, 5) is 9.95. The van der Waals surface area contributed by atoms with Gasteiger partial charge in [0.2, 0.25) is 0 Å². The molecule has 0 saturated heterocycles. The number of carboxylic acid groups (broad SMARTS) is 1. The summed E-state index contributed by atoms with van der Waals surface area (Å²) in [5, 5.41) is 10.7. The Morgan fingerprint density at radius 1 is 1.42 bits per heavy atom. The molecule has 0 aliphatic rings. The largest absolute Gasteiger partial charge is 1.00 e. The van der Waals surface area contributed by atoms with Gasteiger partial charge in [-0.1, -0.05) is 17.7 Å². The molecule has 0 heterocycles. The third kappa shape index (κ3) is 10.5. The van der Waals surface area contributed by atoms with Gasteiger partial charge in [-0.05, 0) is 32.6 Å². The van der Waals surface area contributed by atoms with Crippen LogP contribution in [0.5, 0.6) is 0 Å². The van der Waals surface area contributed by atoms with Crippen LogP contribution >= 0.6 is 11.6 Å². The smallest absolute Gasteiger partial charge is 0.550 e. The quantitative estimate of drug-likeness (QED) is 0.396. The van der Waals surface area contributed by atoms with Crippen LogP contribution in [0, 0.1) is 0 Å². The van der Waals surface area contributed by atoms with Gasteiger partial charge in [0.1, 0.15) is 0 Å². The number of carboxylic acids is 1. The van der Waals surface area contributed by atoms with E-state index in [1.54, 1.807) is 0 Å². The van der Waals surface area contributed by atoms with Crippen LogP contribution in [0.25, 0.3) is 0 Å². The van der Waals surface area contributed by atoms with Crippen LogP contribution in [0.15, 0.2) is 11.1 Å². The van der Waals surface area contributed by atoms with E-state index >= 15 is 0 Å². The van der Waals surface area contributed by atoms with Crippen molar-refractivity contribution in [2.45, 2.75) is 32.6 Å². The predicted octanol–water partition coefficient (Wildman–Crippen LogP) is -1.56. The van der Waals surface area contributed by atoms with Crippen molar-refractivity contribution in [2.24, 2.45) is 0 Å². The van der Waals surface area contributed by atoms with Gasteiger partial charge in [-0.3, -0.25) is 0 Å². The molecule has 0 fully saturated rings. The Labute approximate surface area is 100 Å². The Balaban J connectivity index is 0. The van der Waals surface area contributed by atoms with E-state index in [0.717, 1.165) is 17.9 Å². The molecule has 0 aliphatic heterocycles. The van der Waals surface area contributed by atoms with Crippen LogP contribution in [0.1, 0.15) is 32.6 Å². The zero-order valence-electron chi connectivity index (χ0n) is 7.60. The molecule has 0 aromatic rings. The van der Waals surface area contributed by atoms with Crippen molar-refractivity contribution >= 4 is 17.6 Å². The summed E-state index contributed by atoms with van der Waals surface area (Å²) in [7, 11) is 0. The molecule has 2 nitrogen and oxygen atoms in total. The standard InChI is InChI=1S/C8H13ClO2.Na/c1-2-7(9)5-3-4-6-8(10)11;/h2H,3-6H2,1H3,(H,10,11);/q;+1/p-1/b7-2-;. The number of carbonyl (C=O) groups is 1. The molecule has 0 amide bonds. The molecule has 0 bridgehead atoms. The number of hydrogen-bond donors (Lipinski definition) is 0. The average molecular weight is 199 g/mol. The van der Waals surface area contributed by atoms with Gasteiger partial charge in [-0.15, -0.1) is 0 Å². The van der Waals surface area contributed by atoms with Crippen LogP contribution in [-0.2, 0) is 4.79 Å².